The predicted molar refractivity (Wildman–Crippen MR) is 82.2 cm³/mol. The van der Waals surface area contributed by atoms with Gasteiger partial charge in [-0.25, -0.2) is 4.98 Å². The van der Waals surface area contributed by atoms with Crippen LogP contribution in [0.4, 0.5) is 5.69 Å². The smallest absolute Gasteiger partial charge is 0.263 e. The van der Waals surface area contributed by atoms with Crippen molar-refractivity contribution < 1.29 is 9.59 Å². The van der Waals surface area contributed by atoms with E-state index in [1.165, 1.54) is 11.3 Å². The molecule has 1 aliphatic rings. The van der Waals surface area contributed by atoms with E-state index in [4.69, 9.17) is 5.73 Å². The van der Waals surface area contributed by atoms with Crippen molar-refractivity contribution in [2.75, 3.05) is 19.3 Å². The number of carbonyl (C=O) groups excluding carboxylic acids is 2. The Bertz CT molecular complexity index is 712. The minimum absolute atomic E-state index is 0.0298. The quantitative estimate of drug-likeness (QED) is 0.873. The van der Waals surface area contributed by atoms with E-state index in [0.717, 1.165) is 10.2 Å². The summed E-state index contributed by atoms with van der Waals surface area (Å²) in [7, 11) is 1.75. The van der Waals surface area contributed by atoms with Crippen molar-refractivity contribution in [1.82, 2.24) is 15.2 Å². The molecule has 1 aliphatic heterocycles. The van der Waals surface area contributed by atoms with Gasteiger partial charge in [-0.2, -0.15) is 0 Å². The van der Waals surface area contributed by atoms with E-state index >= 15 is 0 Å². The maximum absolute atomic E-state index is 12.4. The highest BCUT2D eigenvalue weighted by Gasteiger charge is 2.26. The Labute approximate surface area is 125 Å². The van der Waals surface area contributed by atoms with E-state index in [2.05, 4.69) is 10.3 Å². The van der Waals surface area contributed by atoms with E-state index < -0.39 is 0 Å². The summed E-state index contributed by atoms with van der Waals surface area (Å²) < 4.78 is 0. The number of rotatable bonds is 2. The van der Waals surface area contributed by atoms with Gasteiger partial charge >= 0.3 is 0 Å². The Kier molecular flexibility index (Phi) is 3.50. The molecule has 0 aromatic carbocycles. The highest BCUT2D eigenvalue weighted by molar-refractivity contribution is 7.21. The van der Waals surface area contributed by atoms with E-state index in [-0.39, 0.29) is 17.9 Å². The molecule has 1 atom stereocenters. The number of nitrogens with one attached hydrogen (secondary N) is 1. The van der Waals surface area contributed by atoms with Crippen molar-refractivity contribution in [1.29, 1.82) is 0 Å². The van der Waals surface area contributed by atoms with Gasteiger partial charge in [0.05, 0.1) is 5.69 Å². The van der Waals surface area contributed by atoms with Crippen molar-refractivity contribution in [2.45, 2.75) is 18.9 Å². The van der Waals surface area contributed by atoms with Gasteiger partial charge < -0.3 is 16.0 Å². The lowest BCUT2D eigenvalue weighted by molar-refractivity contribution is -0.132. The average molecular weight is 304 g/mol. The number of piperidine rings is 1. The Hall–Kier alpha value is -2.15. The van der Waals surface area contributed by atoms with E-state index in [1.54, 1.807) is 24.2 Å². The van der Waals surface area contributed by atoms with Crippen LogP contribution in [0.3, 0.4) is 0 Å². The van der Waals surface area contributed by atoms with Gasteiger partial charge in [-0.1, -0.05) is 0 Å². The van der Waals surface area contributed by atoms with Crippen molar-refractivity contribution in [3.8, 4) is 0 Å². The number of amides is 2. The van der Waals surface area contributed by atoms with Crippen LogP contribution in [0.2, 0.25) is 0 Å². The lowest BCUT2D eigenvalue weighted by Gasteiger charge is -2.30. The zero-order valence-electron chi connectivity index (χ0n) is 11.6. The van der Waals surface area contributed by atoms with Crippen LogP contribution in [0, 0.1) is 0 Å². The fraction of sp³-hybridized carbons (Fsp3) is 0.357. The first-order valence-corrected chi connectivity index (χ1v) is 7.55. The molecule has 1 unspecified atom stereocenters. The maximum atomic E-state index is 12.4. The van der Waals surface area contributed by atoms with Gasteiger partial charge in [-0.05, 0) is 18.6 Å². The minimum atomic E-state index is -0.191. The highest BCUT2D eigenvalue weighted by Crippen LogP contribution is 2.31. The number of anilines is 1. The molecule has 0 spiro atoms. The number of nitrogen functional groups attached to an aromatic ring is 1. The predicted octanol–water partition coefficient (Wildman–Crippen LogP) is 1.23. The van der Waals surface area contributed by atoms with Gasteiger partial charge in [0.15, 0.2) is 0 Å². The van der Waals surface area contributed by atoms with E-state index in [0.29, 0.717) is 30.0 Å². The van der Waals surface area contributed by atoms with E-state index in [1.807, 2.05) is 6.07 Å². The van der Waals surface area contributed by atoms with Crippen LogP contribution in [0.15, 0.2) is 18.3 Å². The van der Waals surface area contributed by atoms with Crippen molar-refractivity contribution in [2.24, 2.45) is 0 Å². The molecule has 7 heteroatoms. The fourth-order valence-corrected chi connectivity index (χ4v) is 3.47. The number of hydrogen-bond donors (Lipinski definition) is 2. The lowest BCUT2D eigenvalue weighted by atomic mass is 10.1. The number of likely N-dealkylation sites (tertiary alicyclic amines) is 1. The zero-order chi connectivity index (χ0) is 15.0. The van der Waals surface area contributed by atoms with Gasteiger partial charge in [0.1, 0.15) is 9.71 Å². The zero-order valence-corrected chi connectivity index (χ0v) is 12.4. The lowest BCUT2D eigenvalue weighted by Crippen LogP contribution is -2.48. The second kappa shape index (κ2) is 5.33. The molecular weight excluding hydrogens is 288 g/mol. The van der Waals surface area contributed by atoms with Crippen LogP contribution in [0.25, 0.3) is 10.2 Å². The van der Waals surface area contributed by atoms with Crippen LogP contribution >= 0.6 is 11.3 Å². The summed E-state index contributed by atoms with van der Waals surface area (Å²) in [5, 5.41) is 3.77. The SMILES string of the molecule is CN1CC(NC(=O)c2sc3ncccc3c2N)CCC1=O. The molecule has 1 saturated heterocycles. The first kappa shape index (κ1) is 13.8. The molecule has 1 fully saturated rings. The molecule has 0 radical (unpaired) electrons. The van der Waals surface area contributed by atoms with Gasteiger partial charge in [0.2, 0.25) is 5.91 Å². The minimum Gasteiger partial charge on any atom is -0.397 e. The Balaban J connectivity index is 1.78. The number of hydrogen-bond acceptors (Lipinski definition) is 5. The molecule has 2 aromatic rings. The van der Waals surface area contributed by atoms with Crippen molar-refractivity contribution >= 4 is 39.1 Å². The average Bonchev–Trinajstić information content (AvgIpc) is 2.81. The summed E-state index contributed by atoms with van der Waals surface area (Å²) in [6.07, 6.45) is 2.81. The molecule has 21 heavy (non-hydrogen) atoms. The van der Waals surface area contributed by atoms with Crippen molar-refractivity contribution in [3.63, 3.8) is 0 Å². The molecule has 0 saturated carbocycles. The second-order valence-electron chi connectivity index (χ2n) is 5.18. The van der Waals surface area contributed by atoms with Crippen LogP contribution in [0.5, 0.6) is 0 Å². The Morgan fingerprint density at radius 3 is 3.10 bits per heavy atom. The number of aromatic nitrogens is 1. The van der Waals surface area contributed by atoms with E-state index in [9.17, 15) is 9.59 Å². The second-order valence-corrected chi connectivity index (χ2v) is 6.18. The summed E-state index contributed by atoms with van der Waals surface area (Å²) in [6, 6.07) is 3.63. The van der Waals surface area contributed by atoms with Gasteiger partial charge in [0, 0.05) is 37.6 Å². The third kappa shape index (κ3) is 2.56. The number of likely N-dealkylation sites (N-methyl/N-ethyl adjacent to an activating group) is 1. The molecule has 3 heterocycles. The first-order chi connectivity index (χ1) is 10.1. The Morgan fingerprint density at radius 1 is 1.57 bits per heavy atom. The molecule has 0 bridgehead atoms. The third-order valence-corrected chi connectivity index (χ3v) is 4.80. The first-order valence-electron chi connectivity index (χ1n) is 6.74. The fourth-order valence-electron chi connectivity index (χ4n) is 2.50. The summed E-state index contributed by atoms with van der Waals surface area (Å²) in [5.74, 6) is -0.0747. The molecule has 6 nitrogen and oxygen atoms in total. The molecule has 110 valence electrons. The maximum Gasteiger partial charge on any atom is 0.263 e. The number of pyridine rings is 1. The molecule has 2 aromatic heterocycles. The van der Waals surface area contributed by atoms with Gasteiger partial charge in [0.25, 0.3) is 5.91 Å². The third-order valence-electron chi connectivity index (χ3n) is 3.67. The molecule has 2 amide bonds. The largest absolute Gasteiger partial charge is 0.397 e. The molecule has 3 N–H and O–H groups in total. The van der Waals surface area contributed by atoms with Crippen LogP contribution in [0.1, 0.15) is 22.5 Å². The standard InChI is InChI=1S/C14H16N4O2S/c1-18-7-8(4-5-10(18)19)17-13(20)12-11(15)9-3-2-6-16-14(9)21-12/h2-3,6,8H,4-5,7,15H2,1H3,(H,17,20). The number of thiophene rings is 1. The monoisotopic (exact) mass is 304 g/mol. The molecule has 3 rings (SSSR count). The summed E-state index contributed by atoms with van der Waals surface area (Å²) in [5.41, 5.74) is 6.51. The normalized spacial score (nSPS) is 19.0. The summed E-state index contributed by atoms with van der Waals surface area (Å²) in [4.78, 5) is 30.9. The summed E-state index contributed by atoms with van der Waals surface area (Å²) in [6.45, 7) is 0.535. The topological polar surface area (TPSA) is 88.3 Å². The van der Waals surface area contributed by atoms with Crippen LogP contribution < -0.4 is 11.1 Å². The number of nitrogens with zero attached hydrogens (tertiary/aromatic N) is 2. The number of nitrogens with two attached hydrogens (primary N) is 1. The molecular formula is C14H16N4O2S. The van der Waals surface area contributed by atoms with Crippen LogP contribution in [-0.2, 0) is 4.79 Å². The van der Waals surface area contributed by atoms with Gasteiger partial charge in [-0.15, -0.1) is 11.3 Å². The summed E-state index contributed by atoms with van der Waals surface area (Å²) >= 11 is 1.29. The Morgan fingerprint density at radius 2 is 2.38 bits per heavy atom. The number of carbonyl (C=O) groups is 2. The number of fused-ring (bicyclic) bond motifs is 1. The molecule has 0 aliphatic carbocycles. The van der Waals surface area contributed by atoms with Crippen molar-refractivity contribution in [3.05, 3.63) is 23.2 Å². The van der Waals surface area contributed by atoms with Gasteiger partial charge in [-0.3, -0.25) is 9.59 Å². The highest BCUT2D eigenvalue weighted by atomic mass is 32.1. The van der Waals surface area contributed by atoms with Crippen LogP contribution in [-0.4, -0.2) is 41.3 Å².